The minimum absolute atomic E-state index is 0.136. The smallest absolute Gasteiger partial charge is 0.278 e. The molecule has 0 saturated heterocycles. The number of aromatic nitrogens is 4. The van der Waals surface area contributed by atoms with E-state index < -0.39 is 38.7 Å². The summed E-state index contributed by atoms with van der Waals surface area (Å²) in [5.74, 6) is -2.43. The maximum atomic E-state index is 15.2. The highest BCUT2D eigenvalue weighted by Crippen LogP contribution is 2.29. The molecule has 234 valence electrons. The fraction of sp³-hybridized carbons (Fsp3) is 0.419. The van der Waals surface area contributed by atoms with Gasteiger partial charge in [0.05, 0.1) is 11.9 Å². The van der Waals surface area contributed by atoms with Crippen LogP contribution in [-0.4, -0.2) is 59.0 Å². The lowest BCUT2D eigenvalue weighted by Gasteiger charge is -2.32. The van der Waals surface area contributed by atoms with Crippen molar-refractivity contribution in [2.45, 2.75) is 70.3 Å². The Morgan fingerprint density at radius 1 is 1.02 bits per heavy atom. The lowest BCUT2D eigenvalue weighted by Crippen LogP contribution is -2.36. The third-order valence-electron chi connectivity index (χ3n) is 7.96. The van der Waals surface area contributed by atoms with Crippen LogP contribution in [0.1, 0.15) is 56.7 Å². The van der Waals surface area contributed by atoms with Gasteiger partial charge in [0.2, 0.25) is 16.0 Å². The summed E-state index contributed by atoms with van der Waals surface area (Å²) < 4.78 is 59.3. The molecule has 0 amide bonds. The fourth-order valence-electron chi connectivity index (χ4n) is 5.56. The number of halogens is 2. The Labute approximate surface area is 255 Å². The fourth-order valence-corrected chi connectivity index (χ4v) is 6.77. The van der Waals surface area contributed by atoms with E-state index in [4.69, 9.17) is 0 Å². The molecule has 0 radical (unpaired) electrons. The van der Waals surface area contributed by atoms with Crippen LogP contribution in [0.5, 0.6) is 0 Å². The number of benzene rings is 2. The molecule has 2 heterocycles. The van der Waals surface area contributed by atoms with Gasteiger partial charge >= 0.3 is 0 Å². The second-order valence-electron chi connectivity index (χ2n) is 11.9. The van der Waals surface area contributed by atoms with Crippen molar-refractivity contribution in [3.63, 3.8) is 0 Å². The van der Waals surface area contributed by atoms with Crippen LogP contribution in [0.4, 0.5) is 20.4 Å². The van der Waals surface area contributed by atoms with Gasteiger partial charge in [-0.25, -0.2) is 27.2 Å². The summed E-state index contributed by atoms with van der Waals surface area (Å²) in [6.45, 7) is 5.47. The van der Waals surface area contributed by atoms with Gasteiger partial charge in [0.15, 0.2) is 17.3 Å². The van der Waals surface area contributed by atoms with E-state index >= 15 is 8.78 Å². The van der Waals surface area contributed by atoms with E-state index in [0.29, 0.717) is 23.2 Å². The SMILES string of the molecule is Cc1ccc(CS(=O)(=O)Nc2c(F)cc(-c3nc4cnc(NC5CCC(N(C)C)CC5)nc4n(C(C)C)c3=O)cc2F)cc1. The topological polar surface area (TPSA) is 122 Å². The van der Waals surface area contributed by atoms with Crippen LogP contribution in [0.3, 0.4) is 0 Å². The normalized spacial score (nSPS) is 17.4. The van der Waals surface area contributed by atoms with Crippen LogP contribution >= 0.6 is 0 Å². The second-order valence-corrected chi connectivity index (χ2v) is 13.6. The molecule has 0 spiro atoms. The Morgan fingerprint density at radius 3 is 2.25 bits per heavy atom. The molecule has 10 nitrogen and oxygen atoms in total. The van der Waals surface area contributed by atoms with Gasteiger partial charge in [-0.15, -0.1) is 0 Å². The van der Waals surface area contributed by atoms with E-state index in [1.54, 1.807) is 38.1 Å². The Balaban J connectivity index is 1.43. The highest BCUT2D eigenvalue weighted by atomic mass is 32.2. The number of hydrogen-bond acceptors (Lipinski definition) is 8. The van der Waals surface area contributed by atoms with Crippen molar-refractivity contribution in [2.24, 2.45) is 0 Å². The zero-order chi connectivity index (χ0) is 31.8. The Morgan fingerprint density at radius 2 is 1.66 bits per heavy atom. The average Bonchev–Trinajstić information content (AvgIpc) is 2.95. The highest BCUT2D eigenvalue weighted by Gasteiger charge is 2.25. The third-order valence-corrected chi connectivity index (χ3v) is 9.19. The van der Waals surface area contributed by atoms with Crippen molar-refractivity contribution >= 4 is 32.8 Å². The Bertz CT molecular complexity index is 1810. The number of fused-ring (bicyclic) bond motifs is 1. The predicted molar refractivity (Wildman–Crippen MR) is 168 cm³/mol. The van der Waals surface area contributed by atoms with Crippen molar-refractivity contribution in [1.29, 1.82) is 0 Å². The largest absolute Gasteiger partial charge is 0.351 e. The minimum atomic E-state index is -4.14. The first-order valence-electron chi connectivity index (χ1n) is 14.6. The summed E-state index contributed by atoms with van der Waals surface area (Å²) in [5, 5.41) is 3.38. The van der Waals surface area contributed by atoms with E-state index in [1.807, 2.05) is 11.6 Å². The molecular formula is C31H37F2N7O3S. The van der Waals surface area contributed by atoms with Crippen LogP contribution in [0.25, 0.3) is 22.4 Å². The quantitative estimate of drug-likeness (QED) is 0.259. The summed E-state index contributed by atoms with van der Waals surface area (Å²) in [6.07, 6.45) is 5.53. The van der Waals surface area contributed by atoms with Crippen LogP contribution < -0.4 is 15.6 Å². The summed E-state index contributed by atoms with van der Waals surface area (Å²) in [4.78, 5) is 29.3. The molecule has 2 N–H and O–H groups in total. The molecular weight excluding hydrogens is 588 g/mol. The zero-order valence-electron chi connectivity index (χ0n) is 25.4. The summed E-state index contributed by atoms with van der Waals surface area (Å²) in [7, 11) is 0.0381. The Hall–Kier alpha value is -3.97. The molecule has 2 aromatic carbocycles. The standard InChI is InChI=1S/C31H37F2N7O3S/c1-18(2)40-29-26(16-34-31(37-29)35-22-10-12-23(13-11-22)39(4)5)36-27(30(40)41)21-14-24(32)28(25(33)15-21)38-44(42,43)17-20-8-6-19(3)7-9-20/h6-9,14-16,18,22-23,38H,10-13,17H2,1-5H3,(H,34,35,37). The van der Waals surface area contributed by atoms with Crippen molar-refractivity contribution in [3.05, 3.63) is 75.7 Å². The van der Waals surface area contributed by atoms with Crippen LogP contribution in [-0.2, 0) is 15.8 Å². The summed E-state index contributed by atoms with van der Waals surface area (Å²) >= 11 is 0. The molecule has 44 heavy (non-hydrogen) atoms. The minimum Gasteiger partial charge on any atom is -0.351 e. The molecule has 4 aromatic rings. The number of hydrogen-bond donors (Lipinski definition) is 2. The molecule has 0 bridgehead atoms. The maximum absolute atomic E-state index is 15.2. The van der Waals surface area contributed by atoms with Crippen molar-refractivity contribution in [3.8, 4) is 11.3 Å². The highest BCUT2D eigenvalue weighted by molar-refractivity contribution is 7.91. The molecule has 1 aliphatic rings. The van der Waals surface area contributed by atoms with Crippen LogP contribution in [0.15, 0.2) is 47.4 Å². The van der Waals surface area contributed by atoms with E-state index in [9.17, 15) is 13.2 Å². The molecule has 5 rings (SSSR count). The number of nitrogens with zero attached hydrogens (tertiary/aromatic N) is 5. The monoisotopic (exact) mass is 625 g/mol. The van der Waals surface area contributed by atoms with E-state index in [0.717, 1.165) is 43.4 Å². The lowest BCUT2D eigenvalue weighted by atomic mass is 9.91. The predicted octanol–water partition coefficient (Wildman–Crippen LogP) is 5.25. The van der Waals surface area contributed by atoms with E-state index in [1.165, 1.54) is 10.8 Å². The molecule has 1 fully saturated rings. The number of sulfonamides is 1. The first-order chi connectivity index (χ1) is 20.8. The third kappa shape index (κ3) is 6.88. The zero-order valence-corrected chi connectivity index (χ0v) is 26.3. The number of aryl methyl sites for hydroxylation is 1. The van der Waals surface area contributed by atoms with Crippen molar-refractivity contribution in [2.75, 3.05) is 24.1 Å². The van der Waals surface area contributed by atoms with Gasteiger partial charge in [-0.2, -0.15) is 4.98 Å². The molecule has 1 saturated carbocycles. The van der Waals surface area contributed by atoms with Crippen LogP contribution in [0.2, 0.25) is 0 Å². The number of anilines is 2. The van der Waals surface area contributed by atoms with E-state index in [-0.39, 0.29) is 28.9 Å². The van der Waals surface area contributed by atoms with Gasteiger partial charge in [-0.3, -0.25) is 14.1 Å². The molecule has 0 atom stereocenters. The molecule has 1 aliphatic carbocycles. The lowest BCUT2D eigenvalue weighted by molar-refractivity contribution is 0.221. The van der Waals surface area contributed by atoms with Gasteiger partial charge in [0.1, 0.15) is 16.9 Å². The van der Waals surface area contributed by atoms with Gasteiger partial charge in [0, 0.05) is 23.7 Å². The molecule has 2 aromatic heterocycles. The summed E-state index contributed by atoms with van der Waals surface area (Å²) in [6, 6.07) is 8.95. The first kappa shape index (κ1) is 31.5. The van der Waals surface area contributed by atoms with Gasteiger partial charge in [-0.1, -0.05) is 29.8 Å². The molecule has 13 heteroatoms. The number of rotatable bonds is 9. The van der Waals surface area contributed by atoms with Gasteiger partial charge < -0.3 is 10.2 Å². The molecule has 0 aliphatic heterocycles. The van der Waals surface area contributed by atoms with Crippen molar-refractivity contribution in [1.82, 2.24) is 24.4 Å². The summed E-state index contributed by atoms with van der Waals surface area (Å²) in [5.41, 5.74) is 0.236. The number of nitrogens with one attached hydrogen (secondary N) is 2. The van der Waals surface area contributed by atoms with Gasteiger partial charge in [0.25, 0.3) is 5.56 Å². The average molecular weight is 626 g/mol. The van der Waals surface area contributed by atoms with Gasteiger partial charge in [-0.05, 0) is 78.2 Å². The second kappa shape index (κ2) is 12.6. The first-order valence-corrected chi connectivity index (χ1v) is 16.2. The maximum Gasteiger partial charge on any atom is 0.278 e. The van der Waals surface area contributed by atoms with Crippen molar-refractivity contribution < 1.29 is 17.2 Å². The Kier molecular flexibility index (Phi) is 8.98. The van der Waals surface area contributed by atoms with E-state index in [2.05, 4.69) is 39.3 Å². The van der Waals surface area contributed by atoms with Crippen LogP contribution in [0, 0.1) is 18.6 Å². The molecule has 0 unspecified atom stereocenters.